The quantitative estimate of drug-likeness (QED) is 0.598. The number of aromatic hydroxyl groups is 1. The maximum atomic E-state index is 11.5. The molecule has 3 aromatic rings. The summed E-state index contributed by atoms with van der Waals surface area (Å²) in [5.74, 6) is 0.939. The molecule has 1 amide bonds. The number of nitrogens with one attached hydrogen (secondary N) is 1. The predicted octanol–water partition coefficient (Wildman–Crippen LogP) is 4.08. The molecule has 1 fully saturated rings. The average molecular weight is 415 g/mol. The lowest BCUT2D eigenvalue weighted by atomic mass is 9.95. The fourth-order valence-corrected chi connectivity index (χ4v) is 4.61. The Morgan fingerprint density at radius 3 is 2.68 bits per heavy atom. The molecule has 4 N–H and O–H groups in total. The Morgan fingerprint density at radius 1 is 1.06 bits per heavy atom. The largest absolute Gasteiger partial charge is 0.504 e. The number of nitrogens with two attached hydrogens (primary N) is 1. The molecular weight excluding hydrogens is 390 g/mol. The molecule has 6 heteroatoms. The highest BCUT2D eigenvalue weighted by atomic mass is 16.5. The van der Waals surface area contributed by atoms with Gasteiger partial charge in [0.1, 0.15) is 0 Å². The number of hydrogen-bond donors (Lipinski definition) is 3. The fraction of sp³-hybridized carbons (Fsp3) is 0.240. The fourth-order valence-electron chi connectivity index (χ4n) is 4.61. The van der Waals surface area contributed by atoms with E-state index in [0.717, 1.165) is 54.0 Å². The van der Waals surface area contributed by atoms with Gasteiger partial charge in [0.05, 0.1) is 17.8 Å². The second-order valence-corrected chi connectivity index (χ2v) is 8.06. The number of anilines is 2. The van der Waals surface area contributed by atoms with Crippen molar-refractivity contribution in [3.8, 4) is 28.4 Å². The number of phenolic OH excluding ortho intramolecular Hbond substituents is 1. The van der Waals surface area contributed by atoms with Crippen molar-refractivity contribution in [2.45, 2.75) is 25.3 Å². The number of fused-ring (bicyclic) bond motifs is 2. The third-order valence-electron chi connectivity index (χ3n) is 6.03. The highest BCUT2D eigenvalue weighted by Crippen LogP contribution is 2.52. The number of nitrogens with zero attached hydrogens (tertiary/aromatic N) is 1. The van der Waals surface area contributed by atoms with Gasteiger partial charge >= 0.3 is 0 Å². The summed E-state index contributed by atoms with van der Waals surface area (Å²) in [5.41, 5.74) is 10.1. The van der Waals surface area contributed by atoms with Crippen LogP contribution in [0.15, 0.2) is 60.7 Å². The van der Waals surface area contributed by atoms with Crippen LogP contribution in [-0.2, 0) is 11.2 Å². The first-order valence-corrected chi connectivity index (χ1v) is 10.6. The van der Waals surface area contributed by atoms with Crippen molar-refractivity contribution < 1.29 is 14.6 Å². The molecule has 2 heterocycles. The number of amides is 1. The average Bonchev–Trinajstić information content (AvgIpc) is 2.78. The van der Waals surface area contributed by atoms with Gasteiger partial charge < -0.3 is 25.8 Å². The molecule has 0 unspecified atom stereocenters. The number of para-hydroxylation sites is 1. The van der Waals surface area contributed by atoms with Crippen LogP contribution in [-0.4, -0.2) is 30.1 Å². The number of rotatable bonds is 4. The Balaban J connectivity index is 1.61. The minimum absolute atomic E-state index is 0.126. The Kier molecular flexibility index (Phi) is 5.00. The van der Waals surface area contributed by atoms with Crippen molar-refractivity contribution in [3.05, 3.63) is 66.2 Å². The van der Waals surface area contributed by atoms with Crippen molar-refractivity contribution in [2.75, 3.05) is 18.0 Å². The summed E-state index contributed by atoms with van der Waals surface area (Å²) in [6.07, 6.45) is 2.20. The SMILES string of the molecule is NC(=O)Cc1ccccc1-c1ccc2c(c1)Oc1c(O)cccc1N2C1CCNCC1. The summed E-state index contributed by atoms with van der Waals surface area (Å²) < 4.78 is 6.21. The van der Waals surface area contributed by atoms with Crippen molar-refractivity contribution in [2.24, 2.45) is 5.73 Å². The van der Waals surface area contributed by atoms with E-state index in [1.807, 2.05) is 42.5 Å². The molecule has 0 bridgehead atoms. The molecule has 5 rings (SSSR count). The van der Waals surface area contributed by atoms with E-state index in [-0.39, 0.29) is 18.1 Å². The molecule has 3 aromatic carbocycles. The lowest BCUT2D eigenvalue weighted by Crippen LogP contribution is -2.41. The van der Waals surface area contributed by atoms with Crippen LogP contribution in [0, 0.1) is 0 Å². The number of primary amides is 1. The van der Waals surface area contributed by atoms with Crippen LogP contribution in [0.1, 0.15) is 18.4 Å². The molecule has 6 nitrogen and oxygen atoms in total. The second kappa shape index (κ2) is 7.96. The first-order valence-electron chi connectivity index (χ1n) is 10.6. The predicted molar refractivity (Wildman–Crippen MR) is 121 cm³/mol. The molecule has 2 aliphatic rings. The third kappa shape index (κ3) is 3.59. The first kappa shape index (κ1) is 19.5. The number of carbonyl (C=O) groups is 1. The van der Waals surface area contributed by atoms with Gasteiger partial charge in [-0.05, 0) is 66.9 Å². The van der Waals surface area contributed by atoms with Crippen LogP contribution in [0.3, 0.4) is 0 Å². The van der Waals surface area contributed by atoms with Gasteiger partial charge in [-0.15, -0.1) is 0 Å². The van der Waals surface area contributed by atoms with Crippen molar-refractivity contribution in [1.82, 2.24) is 5.32 Å². The lowest BCUT2D eigenvalue weighted by Gasteiger charge is -2.40. The Hall–Kier alpha value is -3.51. The normalized spacial score (nSPS) is 15.7. The molecule has 0 spiro atoms. The number of carbonyl (C=O) groups excluding carboxylic acids is 1. The Labute approximate surface area is 181 Å². The van der Waals surface area contributed by atoms with E-state index in [0.29, 0.717) is 17.5 Å². The van der Waals surface area contributed by atoms with Crippen molar-refractivity contribution in [1.29, 1.82) is 0 Å². The van der Waals surface area contributed by atoms with Crippen LogP contribution in [0.5, 0.6) is 17.2 Å². The van der Waals surface area contributed by atoms with Crippen LogP contribution in [0.4, 0.5) is 11.4 Å². The van der Waals surface area contributed by atoms with E-state index >= 15 is 0 Å². The summed E-state index contributed by atoms with van der Waals surface area (Å²) in [5, 5.41) is 13.9. The molecule has 1 saturated heterocycles. The van der Waals surface area contributed by atoms with E-state index in [4.69, 9.17) is 10.5 Å². The van der Waals surface area contributed by atoms with Crippen LogP contribution < -0.4 is 20.7 Å². The molecular formula is C25H25N3O3. The van der Waals surface area contributed by atoms with Gasteiger partial charge in [-0.1, -0.05) is 36.4 Å². The summed E-state index contributed by atoms with van der Waals surface area (Å²) in [4.78, 5) is 13.8. The first-order chi connectivity index (χ1) is 15.1. The third-order valence-corrected chi connectivity index (χ3v) is 6.03. The van der Waals surface area contributed by atoms with Crippen LogP contribution >= 0.6 is 0 Å². The highest BCUT2D eigenvalue weighted by Gasteiger charge is 2.32. The minimum Gasteiger partial charge on any atom is -0.504 e. The van der Waals surface area contributed by atoms with E-state index < -0.39 is 0 Å². The molecule has 0 aliphatic carbocycles. The summed E-state index contributed by atoms with van der Waals surface area (Å²) in [6, 6.07) is 19.7. The van der Waals surface area contributed by atoms with Crippen LogP contribution in [0.25, 0.3) is 11.1 Å². The van der Waals surface area contributed by atoms with Gasteiger partial charge in [0.15, 0.2) is 17.2 Å². The summed E-state index contributed by atoms with van der Waals surface area (Å²) in [6.45, 7) is 1.92. The van der Waals surface area contributed by atoms with E-state index in [1.165, 1.54) is 0 Å². The van der Waals surface area contributed by atoms with Gasteiger partial charge in [-0.25, -0.2) is 0 Å². The summed E-state index contributed by atoms with van der Waals surface area (Å²) in [7, 11) is 0. The summed E-state index contributed by atoms with van der Waals surface area (Å²) >= 11 is 0. The topological polar surface area (TPSA) is 87.8 Å². The molecule has 0 aromatic heterocycles. The molecule has 2 aliphatic heterocycles. The maximum absolute atomic E-state index is 11.5. The van der Waals surface area contributed by atoms with E-state index in [9.17, 15) is 9.90 Å². The Morgan fingerprint density at radius 2 is 1.87 bits per heavy atom. The zero-order chi connectivity index (χ0) is 21.4. The van der Waals surface area contributed by atoms with Crippen molar-refractivity contribution >= 4 is 17.3 Å². The van der Waals surface area contributed by atoms with Gasteiger partial charge in [0.25, 0.3) is 0 Å². The number of phenols is 1. The van der Waals surface area contributed by atoms with E-state index in [1.54, 1.807) is 6.07 Å². The number of benzene rings is 3. The van der Waals surface area contributed by atoms with Gasteiger partial charge in [0, 0.05) is 6.04 Å². The Bertz CT molecular complexity index is 1140. The number of piperidine rings is 1. The second-order valence-electron chi connectivity index (χ2n) is 8.06. The van der Waals surface area contributed by atoms with E-state index in [2.05, 4.69) is 22.3 Å². The maximum Gasteiger partial charge on any atom is 0.221 e. The van der Waals surface area contributed by atoms with Gasteiger partial charge in [-0.3, -0.25) is 4.79 Å². The van der Waals surface area contributed by atoms with Gasteiger partial charge in [-0.2, -0.15) is 0 Å². The zero-order valence-electron chi connectivity index (χ0n) is 17.2. The lowest BCUT2D eigenvalue weighted by molar-refractivity contribution is -0.117. The molecule has 0 radical (unpaired) electrons. The van der Waals surface area contributed by atoms with Gasteiger partial charge in [0.2, 0.25) is 5.91 Å². The molecule has 0 atom stereocenters. The molecule has 158 valence electrons. The molecule has 0 saturated carbocycles. The zero-order valence-corrected chi connectivity index (χ0v) is 17.2. The standard InChI is InChI=1S/C25H25N3O3/c26-24(30)15-16-4-1-2-5-19(16)17-8-9-20-23(14-17)31-25-21(6-3-7-22(25)29)28(20)18-10-12-27-13-11-18/h1-9,14,18,27,29H,10-13,15H2,(H2,26,30). The smallest absolute Gasteiger partial charge is 0.221 e. The van der Waals surface area contributed by atoms with Crippen LogP contribution in [0.2, 0.25) is 0 Å². The number of ether oxygens (including phenoxy) is 1. The monoisotopic (exact) mass is 415 g/mol. The number of hydrogen-bond acceptors (Lipinski definition) is 5. The molecule has 31 heavy (non-hydrogen) atoms. The highest BCUT2D eigenvalue weighted by molar-refractivity contribution is 5.85. The minimum atomic E-state index is -0.363. The van der Waals surface area contributed by atoms with Crippen molar-refractivity contribution in [3.63, 3.8) is 0 Å².